The Hall–Kier alpha value is -1.42. The normalized spacial score (nSPS) is 13.2. The molecule has 0 spiro atoms. The maximum Gasteiger partial charge on any atom is 0.218 e. The fourth-order valence-corrected chi connectivity index (χ4v) is 3.13. The van der Waals surface area contributed by atoms with Crippen LogP contribution in [0, 0.1) is 11.3 Å². The minimum atomic E-state index is -3.47. The van der Waals surface area contributed by atoms with E-state index < -0.39 is 10.0 Å². The topological polar surface area (TPSA) is 70.4 Å². The monoisotopic (exact) mass is 282 g/mol. The smallest absolute Gasteiger partial charge is 0.218 e. The molecule has 0 bridgehead atoms. The SMILES string of the molecule is COCC(C)N(C)S(=O)(=O)Cc1ccccc1C#N. The third kappa shape index (κ3) is 4.03. The van der Waals surface area contributed by atoms with Crippen LogP contribution in [0.15, 0.2) is 24.3 Å². The number of sulfonamides is 1. The van der Waals surface area contributed by atoms with Gasteiger partial charge in [0, 0.05) is 20.2 Å². The third-order valence-corrected chi connectivity index (χ3v) is 4.86. The van der Waals surface area contributed by atoms with Crippen molar-refractivity contribution in [3.63, 3.8) is 0 Å². The zero-order chi connectivity index (χ0) is 14.5. The van der Waals surface area contributed by atoms with Crippen LogP contribution >= 0.6 is 0 Å². The minimum Gasteiger partial charge on any atom is -0.383 e. The van der Waals surface area contributed by atoms with E-state index in [-0.39, 0.29) is 11.8 Å². The second-order valence-electron chi connectivity index (χ2n) is 4.35. The van der Waals surface area contributed by atoms with Crippen molar-refractivity contribution in [2.45, 2.75) is 18.7 Å². The molecule has 0 saturated carbocycles. The van der Waals surface area contributed by atoms with Crippen molar-refractivity contribution in [2.24, 2.45) is 0 Å². The lowest BCUT2D eigenvalue weighted by Gasteiger charge is -2.23. The molecule has 1 atom stereocenters. The molecular weight excluding hydrogens is 264 g/mol. The Bertz CT molecular complexity index is 563. The molecule has 0 amide bonds. The van der Waals surface area contributed by atoms with Gasteiger partial charge in [0.25, 0.3) is 0 Å². The quantitative estimate of drug-likeness (QED) is 0.789. The van der Waals surface area contributed by atoms with E-state index in [1.54, 1.807) is 31.2 Å². The Morgan fingerprint density at radius 3 is 2.63 bits per heavy atom. The van der Waals surface area contributed by atoms with Crippen molar-refractivity contribution in [1.29, 1.82) is 5.26 Å². The fraction of sp³-hybridized carbons (Fsp3) is 0.462. The van der Waals surface area contributed by atoms with E-state index >= 15 is 0 Å². The average Bonchev–Trinajstić information content (AvgIpc) is 2.38. The number of ether oxygens (including phenoxy) is 1. The Morgan fingerprint density at radius 1 is 1.42 bits per heavy atom. The maximum atomic E-state index is 12.2. The summed E-state index contributed by atoms with van der Waals surface area (Å²) < 4.78 is 30.7. The van der Waals surface area contributed by atoms with Crippen molar-refractivity contribution in [2.75, 3.05) is 20.8 Å². The molecule has 0 aliphatic rings. The van der Waals surface area contributed by atoms with E-state index in [9.17, 15) is 8.42 Å². The molecule has 0 heterocycles. The molecule has 1 unspecified atom stereocenters. The molecular formula is C13H18N2O3S. The van der Waals surface area contributed by atoms with Gasteiger partial charge >= 0.3 is 0 Å². The van der Waals surface area contributed by atoms with E-state index in [2.05, 4.69) is 0 Å². The van der Waals surface area contributed by atoms with E-state index in [0.717, 1.165) is 0 Å². The number of methoxy groups -OCH3 is 1. The minimum absolute atomic E-state index is 0.179. The maximum absolute atomic E-state index is 12.2. The summed E-state index contributed by atoms with van der Waals surface area (Å²) in [6.07, 6.45) is 0. The molecule has 1 aromatic carbocycles. The summed E-state index contributed by atoms with van der Waals surface area (Å²) in [5.41, 5.74) is 0.903. The van der Waals surface area contributed by atoms with E-state index in [4.69, 9.17) is 10.00 Å². The number of hydrogen-bond acceptors (Lipinski definition) is 4. The fourth-order valence-electron chi connectivity index (χ4n) is 1.67. The zero-order valence-electron chi connectivity index (χ0n) is 11.3. The molecule has 5 nitrogen and oxygen atoms in total. The van der Waals surface area contributed by atoms with Crippen molar-refractivity contribution in [1.82, 2.24) is 4.31 Å². The summed E-state index contributed by atoms with van der Waals surface area (Å²) in [6, 6.07) is 8.47. The molecule has 0 saturated heterocycles. The van der Waals surface area contributed by atoms with Gasteiger partial charge in [-0.1, -0.05) is 18.2 Å². The Balaban J connectivity index is 2.94. The molecule has 0 radical (unpaired) electrons. The first-order valence-corrected chi connectivity index (χ1v) is 7.46. The van der Waals surface area contributed by atoms with Crippen LogP contribution in [0.1, 0.15) is 18.1 Å². The molecule has 0 N–H and O–H groups in total. The van der Waals surface area contributed by atoms with Crippen molar-refractivity contribution >= 4 is 10.0 Å². The predicted molar refractivity (Wildman–Crippen MR) is 72.9 cm³/mol. The van der Waals surface area contributed by atoms with Crippen LogP contribution in [0.3, 0.4) is 0 Å². The number of likely N-dealkylation sites (N-methyl/N-ethyl adjacent to an activating group) is 1. The Kier molecular flexibility index (Phi) is 5.48. The van der Waals surface area contributed by atoms with Crippen LogP contribution in [-0.4, -0.2) is 39.5 Å². The van der Waals surface area contributed by atoms with E-state index in [1.807, 2.05) is 6.07 Å². The standard InChI is InChI=1S/C13H18N2O3S/c1-11(9-18-3)15(2)19(16,17)10-13-7-5-4-6-12(13)8-14/h4-7,11H,9-10H2,1-3H3. The zero-order valence-corrected chi connectivity index (χ0v) is 12.1. The third-order valence-electron chi connectivity index (χ3n) is 2.94. The van der Waals surface area contributed by atoms with E-state index in [1.165, 1.54) is 18.5 Å². The van der Waals surface area contributed by atoms with Crippen molar-refractivity contribution in [3.8, 4) is 6.07 Å². The number of benzene rings is 1. The lowest BCUT2D eigenvalue weighted by molar-refractivity contribution is 0.149. The van der Waals surface area contributed by atoms with Crippen LogP contribution in [0.2, 0.25) is 0 Å². The second kappa shape index (κ2) is 6.66. The molecule has 0 aromatic heterocycles. The number of nitrogens with zero attached hydrogens (tertiary/aromatic N) is 2. The number of hydrogen-bond donors (Lipinski definition) is 0. The highest BCUT2D eigenvalue weighted by Gasteiger charge is 2.24. The van der Waals surface area contributed by atoms with Gasteiger partial charge in [-0.15, -0.1) is 0 Å². The lowest BCUT2D eigenvalue weighted by Crippen LogP contribution is -2.38. The van der Waals surface area contributed by atoms with Gasteiger partial charge in [0.2, 0.25) is 10.0 Å². The first-order valence-electron chi connectivity index (χ1n) is 5.85. The summed E-state index contributed by atoms with van der Waals surface area (Å²) in [5.74, 6) is -0.179. The molecule has 0 aliphatic carbocycles. The first kappa shape index (κ1) is 15.6. The van der Waals surface area contributed by atoms with E-state index in [0.29, 0.717) is 17.7 Å². The summed E-state index contributed by atoms with van der Waals surface area (Å²) in [5, 5.41) is 8.97. The summed E-state index contributed by atoms with van der Waals surface area (Å²) in [6.45, 7) is 2.10. The second-order valence-corrected chi connectivity index (χ2v) is 6.37. The molecule has 1 aromatic rings. The van der Waals surface area contributed by atoms with Gasteiger partial charge in [0.1, 0.15) is 0 Å². The Morgan fingerprint density at radius 2 is 2.05 bits per heavy atom. The van der Waals surface area contributed by atoms with Crippen LogP contribution in [0.5, 0.6) is 0 Å². The van der Waals surface area contributed by atoms with Gasteiger partial charge in [0.15, 0.2) is 0 Å². The first-order chi connectivity index (χ1) is 8.92. The van der Waals surface area contributed by atoms with Crippen molar-refractivity contribution < 1.29 is 13.2 Å². The molecule has 19 heavy (non-hydrogen) atoms. The summed E-state index contributed by atoms with van der Waals surface area (Å²) in [7, 11) is -0.414. The molecule has 0 aliphatic heterocycles. The van der Waals surface area contributed by atoms with Gasteiger partial charge < -0.3 is 4.74 Å². The van der Waals surface area contributed by atoms with Gasteiger partial charge in [-0.2, -0.15) is 9.57 Å². The number of nitriles is 1. The van der Waals surface area contributed by atoms with Crippen LogP contribution in [0.4, 0.5) is 0 Å². The van der Waals surface area contributed by atoms with Crippen LogP contribution in [0.25, 0.3) is 0 Å². The van der Waals surface area contributed by atoms with Crippen LogP contribution in [-0.2, 0) is 20.5 Å². The van der Waals surface area contributed by atoms with Gasteiger partial charge in [-0.05, 0) is 18.6 Å². The van der Waals surface area contributed by atoms with Crippen molar-refractivity contribution in [3.05, 3.63) is 35.4 Å². The molecule has 1 rings (SSSR count). The van der Waals surface area contributed by atoms with Gasteiger partial charge in [0.05, 0.1) is 24.0 Å². The highest BCUT2D eigenvalue weighted by atomic mass is 32.2. The summed E-state index contributed by atoms with van der Waals surface area (Å²) >= 11 is 0. The highest BCUT2D eigenvalue weighted by Crippen LogP contribution is 2.15. The number of rotatable bonds is 6. The van der Waals surface area contributed by atoms with Gasteiger partial charge in [-0.3, -0.25) is 0 Å². The lowest BCUT2D eigenvalue weighted by atomic mass is 10.1. The highest BCUT2D eigenvalue weighted by molar-refractivity contribution is 7.88. The molecule has 104 valence electrons. The van der Waals surface area contributed by atoms with Crippen LogP contribution < -0.4 is 0 Å². The largest absolute Gasteiger partial charge is 0.383 e. The average molecular weight is 282 g/mol. The van der Waals surface area contributed by atoms with Gasteiger partial charge in [-0.25, -0.2) is 8.42 Å². The molecule has 6 heteroatoms. The molecule has 0 fully saturated rings. The Labute approximate surface area is 114 Å². The predicted octanol–water partition coefficient (Wildman–Crippen LogP) is 1.35. The summed E-state index contributed by atoms with van der Waals surface area (Å²) in [4.78, 5) is 0.